The third-order valence-electron chi connectivity index (χ3n) is 5.58. The molecule has 0 aliphatic heterocycles. The van der Waals surface area contributed by atoms with E-state index in [1.165, 1.54) is 4.90 Å². The molecule has 0 radical (unpaired) electrons. The molecule has 186 valence electrons. The number of rotatable bonds is 10. The molecular formula is C25H34BrN3O4S. The van der Waals surface area contributed by atoms with Crippen LogP contribution in [0, 0.1) is 13.8 Å². The summed E-state index contributed by atoms with van der Waals surface area (Å²) in [4.78, 5) is 27.9. The van der Waals surface area contributed by atoms with E-state index >= 15 is 0 Å². The highest BCUT2D eigenvalue weighted by atomic mass is 79.9. The van der Waals surface area contributed by atoms with Crippen LogP contribution in [0.4, 0.5) is 5.69 Å². The Labute approximate surface area is 211 Å². The van der Waals surface area contributed by atoms with Gasteiger partial charge in [0.15, 0.2) is 0 Å². The summed E-state index contributed by atoms with van der Waals surface area (Å²) in [6, 6.07) is 12.0. The third kappa shape index (κ3) is 7.84. The smallest absolute Gasteiger partial charge is 0.244 e. The Balaban J connectivity index is 2.42. The molecule has 0 heterocycles. The first kappa shape index (κ1) is 27.9. The number of nitrogens with one attached hydrogen (secondary N) is 1. The van der Waals surface area contributed by atoms with E-state index in [9.17, 15) is 18.0 Å². The first-order valence-corrected chi connectivity index (χ1v) is 13.9. The summed E-state index contributed by atoms with van der Waals surface area (Å²) in [5.41, 5.74) is 3.03. The van der Waals surface area contributed by atoms with Crippen molar-refractivity contribution in [2.45, 2.75) is 59.7 Å². The molecule has 0 aromatic heterocycles. The lowest BCUT2D eigenvalue weighted by Crippen LogP contribution is -2.52. The monoisotopic (exact) mass is 551 g/mol. The minimum absolute atomic E-state index is 0.0411. The molecule has 2 aromatic carbocycles. The minimum atomic E-state index is -3.75. The van der Waals surface area contributed by atoms with Crippen LogP contribution >= 0.6 is 15.9 Å². The van der Waals surface area contributed by atoms with Gasteiger partial charge in [-0.15, -0.1) is 0 Å². The number of hydrogen-bond donors (Lipinski definition) is 1. The molecule has 2 aromatic rings. The predicted molar refractivity (Wildman–Crippen MR) is 140 cm³/mol. The normalized spacial score (nSPS) is 13.1. The number of sulfonamides is 1. The molecule has 0 aliphatic rings. The van der Waals surface area contributed by atoms with Crippen molar-refractivity contribution in [3.8, 4) is 0 Å². The van der Waals surface area contributed by atoms with E-state index < -0.39 is 28.5 Å². The predicted octanol–water partition coefficient (Wildman–Crippen LogP) is 4.16. The molecule has 2 atom stereocenters. The summed E-state index contributed by atoms with van der Waals surface area (Å²) >= 11 is 3.44. The van der Waals surface area contributed by atoms with Crippen LogP contribution in [0.25, 0.3) is 0 Å². The summed E-state index contributed by atoms with van der Waals surface area (Å²) in [5.74, 6) is -0.744. The van der Waals surface area contributed by atoms with Gasteiger partial charge in [-0.1, -0.05) is 41.1 Å². The maximum atomic E-state index is 13.6. The van der Waals surface area contributed by atoms with Crippen LogP contribution < -0.4 is 9.62 Å². The summed E-state index contributed by atoms with van der Waals surface area (Å²) in [6.45, 7) is 9.04. The van der Waals surface area contributed by atoms with Crippen molar-refractivity contribution in [2.75, 3.05) is 17.1 Å². The quantitative estimate of drug-likeness (QED) is 0.480. The summed E-state index contributed by atoms with van der Waals surface area (Å²) < 4.78 is 27.3. The number of halogens is 1. The van der Waals surface area contributed by atoms with Gasteiger partial charge in [-0.05, 0) is 75.1 Å². The summed E-state index contributed by atoms with van der Waals surface area (Å²) in [7, 11) is -3.75. The lowest BCUT2D eigenvalue weighted by atomic mass is 10.1. The van der Waals surface area contributed by atoms with Crippen LogP contribution in [0.5, 0.6) is 0 Å². The van der Waals surface area contributed by atoms with Gasteiger partial charge in [-0.3, -0.25) is 13.9 Å². The van der Waals surface area contributed by atoms with Crippen LogP contribution in [0.2, 0.25) is 0 Å². The fraction of sp³-hybridized carbons (Fsp3) is 0.440. The Morgan fingerprint density at radius 2 is 1.68 bits per heavy atom. The van der Waals surface area contributed by atoms with Crippen molar-refractivity contribution in [1.29, 1.82) is 0 Å². The van der Waals surface area contributed by atoms with Gasteiger partial charge in [0.25, 0.3) is 0 Å². The fourth-order valence-electron chi connectivity index (χ4n) is 3.59. The minimum Gasteiger partial charge on any atom is -0.352 e. The molecular weight excluding hydrogens is 518 g/mol. The molecule has 0 saturated carbocycles. The van der Waals surface area contributed by atoms with Crippen LogP contribution in [0.15, 0.2) is 46.9 Å². The van der Waals surface area contributed by atoms with E-state index in [4.69, 9.17) is 0 Å². The number of carbonyl (C=O) groups is 2. The maximum absolute atomic E-state index is 13.6. The molecule has 0 bridgehead atoms. The van der Waals surface area contributed by atoms with Gasteiger partial charge in [-0.2, -0.15) is 0 Å². The van der Waals surface area contributed by atoms with Crippen LogP contribution in [-0.2, 0) is 26.2 Å². The third-order valence-corrected chi connectivity index (χ3v) is 7.22. The van der Waals surface area contributed by atoms with Gasteiger partial charge in [0.2, 0.25) is 21.8 Å². The highest BCUT2D eigenvalue weighted by Crippen LogP contribution is 2.22. The molecule has 0 fully saturated rings. The number of anilines is 1. The van der Waals surface area contributed by atoms with Gasteiger partial charge in [-0.25, -0.2) is 8.42 Å². The Morgan fingerprint density at radius 3 is 2.21 bits per heavy atom. The molecule has 34 heavy (non-hydrogen) atoms. The number of carbonyl (C=O) groups excluding carboxylic acids is 2. The number of nitrogens with zero attached hydrogens (tertiary/aromatic N) is 2. The lowest BCUT2D eigenvalue weighted by molar-refractivity contribution is -0.139. The van der Waals surface area contributed by atoms with E-state index in [-0.39, 0.29) is 18.5 Å². The number of aryl methyl sites for hydroxylation is 2. The second-order valence-electron chi connectivity index (χ2n) is 8.76. The van der Waals surface area contributed by atoms with E-state index in [0.717, 1.165) is 38.1 Å². The molecule has 0 spiro atoms. The van der Waals surface area contributed by atoms with Gasteiger partial charge in [0, 0.05) is 17.1 Å². The topological polar surface area (TPSA) is 86.8 Å². The lowest BCUT2D eigenvalue weighted by Gasteiger charge is -2.32. The van der Waals surface area contributed by atoms with E-state index in [2.05, 4.69) is 21.2 Å². The second-order valence-corrected chi connectivity index (χ2v) is 11.6. The van der Waals surface area contributed by atoms with E-state index in [1.54, 1.807) is 19.1 Å². The van der Waals surface area contributed by atoms with Crippen molar-refractivity contribution in [3.63, 3.8) is 0 Å². The van der Waals surface area contributed by atoms with Crippen LogP contribution in [0.1, 0.15) is 43.9 Å². The fourth-order valence-corrected chi connectivity index (χ4v) is 4.87. The van der Waals surface area contributed by atoms with E-state index in [0.29, 0.717) is 5.69 Å². The average molecular weight is 553 g/mol. The summed E-state index contributed by atoms with van der Waals surface area (Å²) in [5, 5.41) is 2.92. The standard InChI is InChI=1S/C25H34BrN3O4S/c1-7-19(4)27-25(31)20(5)28(15-21-9-8-10-22(26)14-21)24(30)16-29(34(6,32)33)23-12-17(2)11-18(3)13-23/h8-14,19-20H,7,15-16H2,1-6H3,(H,27,31)/t19-,20+/m0/s1. The number of benzene rings is 2. The Bertz CT molecular complexity index is 1120. The highest BCUT2D eigenvalue weighted by Gasteiger charge is 2.30. The molecule has 2 amide bonds. The van der Waals surface area contributed by atoms with Crippen LogP contribution in [-0.4, -0.2) is 50.0 Å². The van der Waals surface area contributed by atoms with Crippen molar-refractivity contribution in [3.05, 3.63) is 63.6 Å². The van der Waals surface area contributed by atoms with Gasteiger partial charge >= 0.3 is 0 Å². The Morgan fingerprint density at radius 1 is 1.06 bits per heavy atom. The molecule has 1 N–H and O–H groups in total. The van der Waals surface area contributed by atoms with Gasteiger partial charge in [0.1, 0.15) is 12.6 Å². The molecule has 9 heteroatoms. The van der Waals surface area contributed by atoms with Crippen molar-refractivity contribution >= 4 is 43.5 Å². The molecule has 0 aliphatic carbocycles. The van der Waals surface area contributed by atoms with Crippen molar-refractivity contribution in [2.24, 2.45) is 0 Å². The van der Waals surface area contributed by atoms with Crippen molar-refractivity contribution in [1.82, 2.24) is 10.2 Å². The molecule has 0 saturated heterocycles. The average Bonchev–Trinajstić information content (AvgIpc) is 2.73. The van der Waals surface area contributed by atoms with Gasteiger partial charge in [0.05, 0.1) is 11.9 Å². The zero-order valence-corrected chi connectivity index (χ0v) is 23.0. The molecule has 0 unspecified atom stereocenters. The zero-order valence-electron chi connectivity index (χ0n) is 20.6. The number of amides is 2. The van der Waals surface area contributed by atoms with Crippen LogP contribution in [0.3, 0.4) is 0 Å². The summed E-state index contributed by atoms with van der Waals surface area (Å²) in [6.07, 6.45) is 1.84. The largest absolute Gasteiger partial charge is 0.352 e. The first-order valence-electron chi connectivity index (χ1n) is 11.2. The molecule has 7 nitrogen and oxygen atoms in total. The SMILES string of the molecule is CC[C@H](C)NC(=O)[C@@H](C)N(Cc1cccc(Br)c1)C(=O)CN(c1cc(C)cc(C)c1)S(C)(=O)=O. The van der Waals surface area contributed by atoms with E-state index in [1.807, 2.05) is 58.0 Å². The molecule has 2 rings (SSSR count). The maximum Gasteiger partial charge on any atom is 0.244 e. The van der Waals surface area contributed by atoms with Crippen molar-refractivity contribution < 1.29 is 18.0 Å². The Hall–Kier alpha value is -2.39. The Kier molecular flexibility index (Phi) is 9.70. The first-order chi connectivity index (χ1) is 15.8. The number of hydrogen-bond acceptors (Lipinski definition) is 4. The highest BCUT2D eigenvalue weighted by molar-refractivity contribution is 9.10. The van der Waals surface area contributed by atoms with Gasteiger partial charge < -0.3 is 10.2 Å². The second kappa shape index (κ2) is 11.8. The zero-order chi connectivity index (χ0) is 25.6.